The maximum absolute atomic E-state index is 13.4. The monoisotopic (exact) mass is 332 g/mol. The number of rotatable bonds is 0. The Balaban J connectivity index is 1.85. The second kappa shape index (κ2) is 4.72. The van der Waals surface area contributed by atoms with Crippen molar-refractivity contribution in [3.63, 3.8) is 0 Å². The van der Waals surface area contributed by atoms with Gasteiger partial charge in [0.2, 0.25) is 0 Å². The van der Waals surface area contributed by atoms with Gasteiger partial charge in [0, 0.05) is 29.7 Å². The Bertz CT molecular complexity index is 947. The van der Waals surface area contributed by atoms with Crippen LogP contribution in [-0.2, 0) is 23.1 Å². The van der Waals surface area contributed by atoms with Gasteiger partial charge >= 0.3 is 0 Å². The average molecular weight is 332 g/mol. The summed E-state index contributed by atoms with van der Waals surface area (Å²) in [7, 11) is 0. The van der Waals surface area contributed by atoms with E-state index in [0.717, 1.165) is 42.6 Å². The van der Waals surface area contributed by atoms with Crippen molar-refractivity contribution in [3.05, 3.63) is 63.5 Å². The molecule has 3 heteroatoms. The molecule has 2 aromatic rings. The first kappa shape index (κ1) is 15.1. The molecule has 1 heterocycles. The Hall–Kier alpha value is -2.16. The molecule has 1 spiro atoms. The van der Waals surface area contributed by atoms with Crippen LogP contribution >= 0.6 is 0 Å². The molecular formula is C22H24N2O. The summed E-state index contributed by atoms with van der Waals surface area (Å²) in [4.78, 5) is 13.4. The maximum atomic E-state index is 13.4. The summed E-state index contributed by atoms with van der Waals surface area (Å²) < 4.78 is 0. The number of ketones is 1. The molecule has 25 heavy (non-hydrogen) atoms. The molecule has 0 amide bonds. The number of nitrogens with zero attached hydrogens (tertiary/aromatic N) is 1. The van der Waals surface area contributed by atoms with Gasteiger partial charge in [0.05, 0.1) is 11.1 Å². The number of Topliss-reactive ketones (excluding diaryl/α,β-unsaturated/α-hetero) is 1. The minimum absolute atomic E-state index is 0.0537. The molecule has 3 aliphatic carbocycles. The lowest BCUT2D eigenvalue weighted by Crippen LogP contribution is -2.41. The minimum Gasteiger partial charge on any atom is -0.294 e. The summed E-state index contributed by atoms with van der Waals surface area (Å²) in [5.41, 5.74) is 8.49. The molecule has 3 nitrogen and oxygen atoms in total. The van der Waals surface area contributed by atoms with Crippen molar-refractivity contribution < 1.29 is 4.79 Å². The van der Waals surface area contributed by atoms with E-state index in [1.165, 1.54) is 22.3 Å². The maximum Gasteiger partial charge on any atom is 0.160 e. The summed E-state index contributed by atoms with van der Waals surface area (Å²) in [6.07, 6.45) is 4.51. The van der Waals surface area contributed by atoms with Gasteiger partial charge in [0.15, 0.2) is 5.78 Å². The lowest BCUT2D eigenvalue weighted by Gasteiger charge is -2.44. The highest BCUT2D eigenvalue weighted by atomic mass is 16.1. The third-order valence-corrected chi connectivity index (χ3v) is 6.47. The number of aromatic nitrogens is 2. The molecular weight excluding hydrogens is 308 g/mol. The number of hydrogen-bond donors (Lipinski definition) is 1. The standard InChI is InChI=1S/C22H24N2O/c1-13-19-17(24-23-13)10-15-11-21(2,3)12-18(25)20(15)22(19)9-8-14-6-4-5-7-16(14)22/h4-7H,8-12H2,1-3H3,(H,23,24). The third kappa shape index (κ3) is 1.87. The first-order chi connectivity index (χ1) is 11.9. The second-order valence-corrected chi connectivity index (χ2v) is 8.83. The fourth-order valence-electron chi connectivity index (χ4n) is 5.77. The summed E-state index contributed by atoms with van der Waals surface area (Å²) in [6.45, 7) is 6.54. The number of H-pyrrole nitrogens is 1. The van der Waals surface area contributed by atoms with Gasteiger partial charge < -0.3 is 0 Å². The van der Waals surface area contributed by atoms with Crippen LogP contribution in [0.1, 0.15) is 61.2 Å². The predicted octanol–water partition coefficient (Wildman–Crippen LogP) is 4.19. The summed E-state index contributed by atoms with van der Waals surface area (Å²) in [5, 5.41) is 7.86. The molecule has 0 bridgehead atoms. The van der Waals surface area contributed by atoms with Crippen molar-refractivity contribution >= 4 is 5.78 Å². The van der Waals surface area contributed by atoms with Crippen LogP contribution in [-0.4, -0.2) is 16.0 Å². The number of hydrogen-bond acceptors (Lipinski definition) is 2. The number of aryl methyl sites for hydroxylation is 2. The highest BCUT2D eigenvalue weighted by Gasteiger charge is 2.53. The van der Waals surface area contributed by atoms with Crippen LogP contribution in [0, 0.1) is 12.3 Å². The van der Waals surface area contributed by atoms with E-state index in [4.69, 9.17) is 0 Å². The fraction of sp³-hybridized carbons (Fsp3) is 0.455. The van der Waals surface area contributed by atoms with E-state index in [-0.39, 0.29) is 10.8 Å². The predicted molar refractivity (Wildman–Crippen MR) is 97.6 cm³/mol. The first-order valence-corrected chi connectivity index (χ1v) is 9.31. The van der Waals surface area contributed by atoms with Gasteiger partial charge in [-0.1, -0.05) is 43.7 Å². The van der Waals surface area contributed by atoms with E-state index in [2.05, 4.69) is 55.2 Å². The smallest absolute Gasteiger partial charge is 0.160 e. The highest BCUT2D eigenvalue weighted by molar-refractivity contribution is 6.02. The van der Waals surface area contributed by atoms with Crippen molar-refractivity contribution in [2.45, 2.75) is 58.3 Å². The fourth-order valence-corrected chi connectivity index (χ4v) is 5.77. The van der Waals surface area contributed by atoms with Gasteiger partial charge in [-0.3, -0.25) is 9.89 Å². The molecule has 0 aliphatic heterocycles. The number of fused-ring (bicyclic) bond motifs is 5. The lowest BCUT2D eigenvalue weighted by molar-refractivity contribution is -0.118. The van der Waals surface area contributed by atoms with E-state index in [1.807, 2.05) is 0 Å². The van der Waals surface area contributed by atoms with Crippen molar-refractivity contribution in [3.8, 4) is 0 Å². The molecule has 0 fully saturated rings. The molecule has 1 aromatic carbocycles. The number of carbonyl (C=O) groups excluding carboxylic acids is 1. The largest absolute Gasteiger partial charge is 0.294 e. The van der Waals surface area contributed by atoms with Crippen LogP contribution in [0.2, 0.25) is 0 Å². The molecule has 0 saturated carbocycles. The van der Waals surface area contributed by atoms with Crippen molar-refractivity contribution in [1.29, 1.82) is 0 Å². The van der Waals surface area contributed by atoms with Crippen molar-refractivity contribution in [2.24, 2.45) is 5.41 Å². The zero-order chi connectivity index (χ0) is 17.4. The van der Waals surface area contributed by atoms with Gasteiger partial charge in [-0.05, 0) is 42.7 Å². The van der Waals surface area contributed by atoms with Crippen LogP contribution < -0.4 is 0 Å². The van der Waals surface area contributed by atoms with Crippen LogP contribution in [0.5, 0.6) is 0 Å². The van der Waals surface area contributed by atoms with Crippen LogP contribution in [0.3, 0.4) is 0 Å². The molecule has 1 atom stereocenters. The molecule has 1 N–H and O–H groups in total. The van der Waals surface area contributed by atoms with Gasteiger partial charge in [-0.15, -0.1) is 0 Å². The van der Waals surface area contributed by atoms with Gasteiger partial charge in [-0.25, -0.2) is 0 Å². The second-order valence-electron chi connectivity index (χ2n) is 8.83. The van der Waals surface area contributed by atoms with Crippen LogP contribution in [0.25, 0.3) is 0 Å². The third-order valence-electron chi connectivity index (χ3n) is 6.47. The molecule has 0 saturated heterocycles. The first-order valence-electron chi connectivity index (χ1n) is 9.31. The number of benzene rings is 1. The Morgan fingerprint density at radius 3 is 2.80 bits per heavy atom. The number of allylic oxidation sites excluding steroid dienone is 2. The molecule has 1 unspecified atom stereocenters. The number of nitrogens with one attached hydrogen (secondary N) is 1. The number of aromatic amines is 1. The Kier molecular flexibility index (Phi) is 2.85. The zero-order valence-electron chi connectivity index (χ0n) is 15.2. The lowest BCUT2D eigenvalue weighted by atomic mass is 9.58. The molecule has 1 aromatic heterocycles. The molecule has 128 valence electrons. The molecule has 5 rings (SSSR count). The Labute approximate surface area is 148 Å². The van der Waals surface area contributed by atoms with E-state index in [1.54, 1.807) is 0 Å². The van der Waals surface area contributed by atoms with Gasteiger partial charge in [0.25, 0.3) is 0 Å². The average Bonchev–Trinajstić information content (AvgIpc) is 3.09. The van der Waals surface area contributed by atoms with E-state index in [9.17, 15) is 4.79 Å². The topological polar surface area (TPSA) is 45.8 Å². The van der Waals surface area contributed by atoms with Crippen LogP contribution in [0.15, 0.2) is 35.4 Å². The zero-order valence-corrected chi connectivity index (χ0v) is 15.2. The summed E-state index contributed by atoms with van der Waals surface area (Å²) >= 11 is 0. The normalized spacial score (nSPS) is 26.6. The van der Waals surface area contributed by atoms with E-state index in [0.29, 0.717) is 12.2 Å². The Morgan fingerprint density at radius 1 is 1.16 bits per heavy atom. The van der Waals surface area contributed by atoms with E-state index < -0.39 is 0 Å². The van der Waals surface area contributed by atoms with Crippen molar-refractivity contribution in [2.75, 3.05) is 0 Å². The summed E-state index contributed by atoms with van der Waals surface area (Å²) in [5.74, 6) is 0.356. The minimum atomic E-state index is -0.274. The molecule has 0 radical (unpaired) electrons. The summed E-state index contributed by atoms with van der Waals surface area (Å²) in [6, 6.07) is 8.70. The number of carbonyl (C=O) groups is 1. The quantitative estimate of drug-likeness (QED) is 0.786. The Morgan fingerprint density at radius 2 is 1.96 bits per heavy atom. The SMILES string of the molecule is Cc1[nH]nc2c1C1(CCc3ccccc31)C1=C(C2)CC(C)(C)CC1=O. The highest BCUT2D eigenvalue weighted by Crippen LogP contribution is 2.57. The van der Waals surface area contributed by atoms with Crippen molar-refractivity contribution in [1.82, 2.24) is 10.2 Å². The van der Waals surface area contributed by atoms with E-state index >= 15 is 0 Å². The molecule has 3 aliphatic rings. The van der Waals surface area contributed by atoms with Crippen LogP contribution in [0.4, 0.5) is 0 Å². The van der Waals surface area contributed by atoms with Gasteiger partial charge in [0.1, 0.15) is 0 Å². The van der Waals surface area contributed by atoms with Gasteiger partial charge in [-0.2, -0.15) is 5.10 Å².